The third-order valence-electron chi connectivity index (χ3n) is 2.09. The highest BCUT2D eigenvalue weighted by Crippen LogP contribution is 2.29. The van der Waals surface area contributed by atoms with E-state index in [0.717, 1.165) is 0 Å². The summed E-state index contributed by atoms with van der Waals surface area (Å²) in [5.74, 6) is 0.173. The van der Waals surface area contributed by atoms with Crippen molar-refractivity contribution in [2.75, 3.05) is 19.0 Å². The summed E-state index contributed by atoms with van der Waals surface area (Å²) in [6.45, 7) is 0. The predicted octanol–water partition coefficient (Wildman–Crippen LogP) is 3.25. The van der Waals surface area contributed by atoms with Gasteiger partial charge in [-0.2, -0.15) is 4.98 Å². The zero-order chi connectivity index (χ0) is 11.9. The molecule has 0 radical (unpaired) electrons. The van der Waals surface area contributed by atoms with Crippen molar-refractivity contribution >= 4 is 44.3 Å². The number of aromatic nitrogens is 2. The van der Waals surface area contributed by atoms with E-state index in [-0.39, 0.29) is 10.8 Å². The van der Waals surface area contributed by atoms with Crippen LogP contribution in [-0.4, -0.2) is 24.1 Å². The van der Waals surface area contributed by atoms with Gasteiger partial charge in [-0.3, -0.25) is 0 Å². The minimum absolute atomic E-state index is 0.0393. The fourth-order valence-corrected chi connectivity index (χ4v) is 2.05. The second-order valence-corrected chi connectivity index (χ2v) is 4.75. The Labute approximate surface area is 105 Å². The topological polar surface area (TPSA) is 29.0 Å². The van der Waals surface area contributed by atoms with E-state index in [1.54, 1.807) is 11.0 Å². The fraction of sp³-hybridized carbons (Fsp3) is 0.200. The summed E-state index contributed by atoms with van der Waals surface area (Å²) in [6, 6.07) is 3.12. The Bertz CT molecular complexity index is 559. The Kier molecular flexibility index (Phi) is 2.99. The van der Waals surface area contributed by atoms with Crippen LogP contribution >= 0.6 is 27.5 Å². The third kappa shape index (κ3) is 1.97. The molecule has 84 valence electrons. The highest BCUT2D eigenvalue weighted by molar-refractivity contribution is 9.10. The van der Waals surface area contributed by atoms with Crippen molar-refractivity contribution in [3.63, 3.8) is 0 Å². The van der Waals surface area contributed by atoms with Crippen molar-refractivity contribution in [2.24, 2.45) is 0 Å². The molecule has 0 amide bonds. The molecule has 0 unspecified atom stereocenters. The van der Waals surface area contributed by atoms with Gasteiger partial charge < -0.3 is 4.90 Å². The average Bonchev–Trinajstić information content (AvgIpc) is 2.18. The lowest BCUT2D eigenvalue weighted by Gasteiger charge is -2.14. The molecule has 0 bridgehead atoms. The molecule has 1 heterocycles. The fourth-order valence-electron chi connectivity index (χ4n) is 1.46. The van der Waals surface area contributed by atoms with E-state index in [1.165, 1.54) is 6.07 Å². The Hall–Kier alpha value is -0.940. The van der Waals surface area contributed by atoms with Crippen LogP contribution in [-0.2, 0) is 0 Å². The molecule has 6 heteroatoms. The Morgan fingerprint density at radius 3 is 2.62 bits per heavy atom. The molecule has 16 heavy (non-hydrogen) atoms. The van der Waals surface area contributed by atoms with Gasteiger partial charge in [-0.15, -0.1) is 0 Å². The van der Waals surface area contributed by atoms with Crippen LogP contribution in [0.15, 0.2) is 16.6 Å². The minimum atomic E-state index is -0.420. The number of fused-ring (bicyclic) bond motifs is 1. The molecule has 0 saturated carbocycles. The normalized spacial score (nSPS) is 10.8. The quantitative estimate of drug-likeness (QED) is 0.757. The van der Waals surface area contributed by atoms with Crippen molar-refractivity contribution in [3.05, 3.63) is 27.7 Å². The van der Waals surface area contributed by atoms with Gasteiger partial charge in [0.2, 0.25) is 5.28 Å². The van der Waals surface area contributed by atoms with Gasteiger partial charge in [0.25, 0.3) is 0 Å². The molecule has 0 atom stereocenters. The number of hydrogen-bond donors (Lipinski definition) is 0. The van der Waals surface area contributed by atoms with Crippen LogP contribution in [0, 0.1) is 5.82 Å². The van der Waals surface area contributed by atoms with Crippen LogP contribution in [0.25, 0.3) is 10.9 Å². The van der Waals surface area contributed by atoms with E-state index in [4.69, 9.17) is 11.6 Å². The summed E-state index contributed by atoms with van der Waals surface area (Å²) in [5, 5.41) is 0.665. The van der Waals surface area contributed by atoms with Crippen molar-refractivity contribution in [1.82, 2.24) is 9.97 Å². The first-order valence-corrected chi connectivity index (χ1v) is 5.66. The van der Waals surface area contributed by atoms with Crippen LogP contribution in [0.1, 0.15) is 0 Å². The average molecular weight is 305 g/mol. The molecule has 0 spiro atoms. The second-order valence-electron chi connectivity index (χ2n) is 3.49. The van der Waals surface area contributed by atoms with Crippen molar-refractivity contribution in [1.29, 1.82) is 0 Å². The van der Waals surface area contributed by atoms with Crippen LogP contribution in [0.5, 0.6) is 0 Å². The standard InChI is InChI=1S/C10H8BrClFN3/c1-16(2)9-6-3-5(11)4-7(13)8(6)14-10(12)15-9/h3-4H,1-2H3. The predicted molar refractivity (Wildman–Crippen MR) is 66.5 cm³/mol. The Morgan fingerprint density at radius 2 is 2.00 bits per heavy atom. The molecule has 2 aromatic rings. The van der Waals surface area contributed by atoms with E-state index in [9.17, 15) is 4.39 Å². The van der Waals surface area contributed by atoms with E-state index >= 15 is 0 Å². The maximum Gasteiger partial charge on any atom is 0.225 e. The number of nitrogens with zero attached hydrogens (tertiary/aromatic N) is 3. The highest BCUT2D eigenvalue weighted by Gasteiger charge is 2.12. The van der Waals surface area contributed by atoms with Crippen LogP contribution in [0.4, 0.5) is 10.2 Å². The molecule has 2 rings (SSSR count). The first-order chi connectivity index (χ1) is 7.49. The van der Waals surface area contributed by atoms with Crippen LogP contribution in [0.2, 0.25) is 5.28 Å². The number of benzene rings is 1. The zero-order valence-corrected chi connectivity index (χ0v) is 11.0. The molecule has 3 nitrogen and oxygen atoms in total. The van der Waals surface area contributed by atoms with Crippen molar-refractivity contribution in [3.8, 4) is 0 Å². The van der Waals surface area contributed by atoms with Gasteiger partial charge >= 0.3 is 0 Å². The lowest BCUT2D eigenvalue weighted by molar-refractivity contribution is 0.635. The molecule has 0 saturated heterocycles. The molecule has 1 aromatic heterocycles. The van der Waals surface area contributed by atoms with Gasteiger partial charge in [0.1, 0.15) is 11.3 Å². The van der Waals surface area contributed by atoms with Gasteiger partial charge in [0.05, 0.1) is 0 Å². The summed E-state index contributed by atoms with van der Waals surface area (Å²) in [5.41, 5.74) is 0.229. The van der Waals surface area contributed by atoms with Crippen LogP contribution in [0.3, 0.4) is 0 Å². The first-order valence-electron chi connectivity index (χ1n) is 4.48. The molecule has 1 aromatic carbocycles. The number of halogens is 3. The lowest BCUT2D eigenvalue weighted by atomic mass is 10.2. The van der Waals surface area contributed by atoms with Gasteiger partial charge in [-0.05, 0) is 23.7 Å². The lowest BCUT2D eigenvalue weighted by Crippen LogP contribution is -2.12. The van der Waals surface area contributed by atoms with Gasteiger partial charge in [0.15, 0.2) is 5.82 Å². The minimum Gasteiger partial charge on any atom is -0.362 e. The zero-order valence-electron chi connectivity index (χ0n) is 8.63. The number of rotatable bonds is 1. The number of hydrogen-bond acceptors (Lipinski definition) is 3. The molecule has 0 aliphatic heterocycles. The highest BCUT2D eigenvalue weighted by atomic mass is 79.9. The monoisotopic (exact) mass is 303 g/mol. The smallest absolute Gasteiger partial charge is 0.225 e. The van der Waals surface area contributed by atoms with Gasteiger partial charge in [-0.1, -0.05) is 15.9 Å². The summed E-state index contributed by atoms with van der Waals surface area (Å²) < 4.78 is 14.3. The molecule has 0 aliphatic carbocycles. The summed E-state index contributed by atoms with van der Waals surface area (Å²) in [4.78, 5) is 9.73. The summed E-state index contributed by atoms with van der Waals surface area (Å²) >= 11 is 8.99. The maximum atomic E-state index is 13.7. The number of anilines is 1. The Balaban J connectivity index is 2.89. The van der Waals surface area contributed by atoms with Crippen LogP contribution < -0.4 is 4.90 Å². The van der Waals surface area contributed by atoms with E-state index in [2.05, 4.69) is 25.9 Å². The molecule has 0 aliphatic rings. The second kappa shape index (κ2) is 4.14. The summed E-state index contributed by atoms with van der Waals surface area (Å²) in [6.07, 6.45) is 0. The molecular formula is C10H8BrClFN3. The van der Waals surface area contributed by atoms with E-state index in [1.807, 2.05) is 14.1 Å². The van der Waals surface area contributed by atoms with Crippen molar-refractivity contribution in [2.45, 2.75) is 0 Å². The third-order valence-corrected chi connectivity index (χ3v) is 2.72. The molecular weight excluding hydrogens is 296 g/mol. The Morgan fingerprint density at radius 1 is 1.31 bits per heavy atom. The SMILES string of the molecule is CN(C)c1nc(Cl)nc2c(F)cc(Br)cc12. The largest absolute Gasteiger partial charge is 0.362 e. The van der Waals surface area contributed by atoms with Gasteiger partial charge in [0, 0.05) is 24.0 Å². The molecule has 0 N–H and O–H groups in total. The molecule has 0 fully saturated rings. The summed E-state index contributed by atoms with van der Waals surface area (Å²) in [7, 11) is 3.63. The van der Waals surface area contributed by atoms with E-state index in [0.29, 0.717) is 15.7 Å². The van der Waals surface area contributed by atoms with E-state index < -0.39 is 5.82 Å². The maximum absolute atomic E-state index is 13.7. The van der Waals surface area contributed by atoms with Crippen molar-refractivity contribution < 1.29 is 4.39 Å². The first kappa shape index (κ1) is 11.5. The van der Waals surface area contributed by atoms with Gasteiger partial charge in [-0.25, -0.2) is 9.37 Å².